The van der Waals surface area contributed by atoms with Crippen molar-refractivity contribution in [3.05, 3.63) is 11.6 Å². The third-order valence-electron chi connectivity index (χ3n) is 8.09. The lowest BCUT2D eigenvalue weighted by molar-refractivity contribution is -0.148. The fraction of sp³-hybridized carbons (Fsp3) is 0.810. The number of Topliss-reactive ketones (excluding diaryl/α,β-unsaturated/α-hetero) is 1. The zero-order valence-electron chi connectivity index (χ0n) is 15.5. The van der Waals surface area contributed by atoms with Crippen LogP contribution in [0.25, 0.3) is 0 Å². The molecule has 0 spiro atoms. The van der Waals surface area contributed by atoms with E-state index in [9.17, 15) is 9.59 Å². The normalized spacial score (nSPS) is 48.9. The van der Waals surface area contributed by atoms with Gasteiger partial charge in [0.15, 0.2) is 0 Å². The van der Waals surface area contributed by atoms with Gasteiger partial charge in [-0.25, -0.2) is 0 Å². The van der Waals surface area contributed by atoms with E-state index < -0.39 is 0 Å². The summed E-state index contributed by atoms with van der Waals surface area (Å²) < 4.78 is 5.52. The van der Waals surface area contributed by atoms with Crippen molar-refractivity contribution in [3.63, 3.8) is 0 Å². The summed E-state index contributed by atoms with van der Waals surface area (Å²) in [5.74, 6) is 2.04. The molecular weight excluding hydrogens is 380 g/mol. The third kappa shape index (κ3) is 2.57. The Hall–Kier alpha value is -0.640. The first kappa shape index (κ1) is 17.8. The molecule has 0 aromatic carbocycles. The van der Waals surface area contributed by atoms with Crippen molar-refractivity contribution in [3.8, 4) is 0 Å². The minimum absolute atomic E-state index is 0.0370. The zero-order valence-corrected chi connectivity index (χ0v) is 17.1. The summed E-state index contributed by atoms with van der Waals surface area (Å²) in [6, 6.07) is 0. The van der Waals surface area contributed by atoms with Crippen molar-refractivity contribution in [2.75, 3.05) is 0 Å². The Labute approximate surface area is 159 Å². The Morgan fingerprint density at radius 2 is 1.84 bits per heavy atom. The number of allylic oxidation sites excluding steroid dienone is 1. The Morgan fingerprint density at radius 3 is 2.56 bits per heavy atom. The second kappa shape index (κ2) is 5.94. The summed E-state index contributed by atoms with van der Waals surface area (Å²) in [4.78, 5) is 24.2. The molecule has 0 N–H and O–H groups in total. The smallest absolute Gasteiger partial charge is 0.302 e. The standard InChI is InChI=1S/C21H29BrO3/c1-12(23)25-14-6-8-20(2)13(10-14)11-17(22)19-15-4-5-18(24)21(15,3)9-7-16(19)20/h11,14-17,19H,4-10H2,1-3H3/t14-,15-,16-,17+,19-,20-,21-/m0/s1. The topological polar surface area (TPSA) is 43.4 Å². The van der Waals surface area contributed by atoms with Crippen LogP contribution in [0.4, 0.5) is 0 Å². The van der Waals surface area contributed by atoms with Gasteiger partial charge in [0.25, 0.3) is 0 Å². The van der Waals surface area contributed by atoms with Crippen LogP contribution in [0.2, 0.25) is 0 Å². The molecule has 0 heterocycles. The molecule has 3 nitrogen and oxygen atoms in total. The number of esters is 1. The summed E-state index contributed by atoms with van der Waals surface area (Å²) in [7, 11) is 0. The summed E-state index contributed by atoms with van der Waals surface area (Å²) in [6.07, 6.45) is 9.41. The minimum Gasteiger partial charge on any atom is -0.462 e. The Morgan fingerprint density at radius 1 is 1.16 bits per heavy atom. The molecule has 7 atom stereocenters. The average Bonchev–Trinajstić information content (AvgIpc) is 2.84. The van der Waals surface area contributed by atoms with Gasteiger partial charge in [0.2, 0.25) is 0 Å². The predicted octanol–water partition coefficient (Wildman–Crippen LogP) is 4.82. The highest BCUT2D eigenvalue weighted by Gasteiger charge is 2.60. The number of hydrogen-bond acceptors (Lipinski definition) is 3. The lowest BCUT2D eigenvalue weighted by Gasteiger charge is -2.58. The highest BCUT2D eigenvalue weighted by molar-refractivity contribution is 9.09. The van der Waals surface area contributed by atoms with E-state index in [0.29, 0.717) is 28.4 Å². The quantitative estimate of drug-likeness (QED) is 0.354. The summed E-state index contributed by atoms with van der Waals surface area (Å²) in [6.45, 7) is 6.16. The molecule has 0 saturated heterocycles. The molecule has 0 amide bonds. The number of halogens is 1. The molecule has 25 heavy (non-hydrogen) atoms. The SMILES string of the molecule is CC(=O)O[C@H]1CC[C@@]2(C)C(=C[C@@H](Br)[C@@H]3[C@@H]2CC[C@]2(C)C(=O)CC[C@@H]32)C1. The highest BCUT2D eigenvalue weighted by Crippen LogP contribution is 2.65. The second-order valence-electron chi connectivity index (χ2n) is 9.24. The maximum Gasteiger partial charge on any atom is 0.302 e. The van der Waals surface area contributed by atoms with Crippen molar-refractivity contribution in [1.29, 1.82) is 0 Å². The van der Waals surface area contributed by atoms with E-state index in [-0.39, 0.29) is 22.9 Å². The Kier molecular flexibility index (Phi) is 4.22. The number of rotatable bonds is 1. The van der Waals surface area contributed by atoms with Crippen LogP contribution < -0.4 is 0 Å². The number of ketones is 1. The van der Waals surface area contributed by atoms with Crippen molar-refractivity contribution >= 4 is 27.7 Å². The summed E-state index contributed by atoms with van der Waals surface area (Å²) in [5.41, 5.74) is 1.59. The largest absolute Gasteiger partial charge is 0.462 e. The molecular formula is C21H29BrO3. The maximum atomic E-state index is 12.5. The molecule has 0 aromatic rings. The molecule has 0 unspecified atom stereocenters. The first-order chi connectivity index (χ1) is 11.8. The molecule has 4 heteroatoms. The molecule has 3 fully saturated rings. The van der Waals surface area contributed by atoms with Crippen LogP contribution in [-0.2, 0) is 14.3 Å². The first-order valence-electron chi connectivity index (χ1n) is 9.81. The molecule has 0 aromatic heterocycles. The lowest BCUT2D eigenvalue weighted by atomic mass is 9.48. The van der Waals surface area contributed by atoms with Crippen LogP contribution in [0.15, 0.2) is 11.6 Å². The Bertz CT molecular complexity index is 641. The molecule has 0 radical (unpaired) electrons. The van der Waals surface area contributed by atoms with Crippen LogP contribution in [0, 0.1) is 28.6 Å². The molecule has 0 aliphatic heterocycles. The van der Waals surface area contributed by atoms with Crippen molar-refractivity contribution < 1.29 is 14.3 Å². The van der Waals surface area contributed by atoms with E-state index in [1.807, 2.05) is 0 Å². The molecule has 138 valence electrons. The molecule has 0 bridgehead atoms. The van der Waals surface area contributed by atoms with Crippen LogP contribution in [-0.4, -0.2) is 22.7 Å². The van der Waals surface area contributed by atoms with E-state index in [4.69, 9.17) is 4.74 Å². The number of alkyl halides is 1. The summed E-state index contributed by atoms with van der Waals surface area (Å²) >= 11 is 3.97. The van der Waals surface area contributed by atoms with E-state index in [2.05, 4.69) is 35.9 Å². The fourth-order valence-corrected chi connectivity index (χ4v) is 7.73. The summed E-state index contributed by atoms with van der Waals surface area (Å²) in [5, 5.41) is 0. The predicted molar refractivity (Wildman–Crippen MR) is 100 cm³/mol. The lowest BCUT2D eigenvalue weighted by Crippen LogP contribution is -2.53. The van der Waals surface area contributed by atoms with Gasteiger partial charge in [-0.1, -0.05) is 41.4 Å². The van der Waals surface area contributed by atoms with Gasteiger partial charge in [0.1, 0.15) is 11.9 Å². The van der Waals surface area contributed by atoms with Gasteiger partial charge >= 0.3 is 5.97 Å². The number of hydrogen-bond donors (Lipinski definition) is 0. The average molecular weight is 409 g/mol. The van der Waals surface area contributed by atoms with Gasteiger partial charge in [0, 0.05) is 30.0 Å². The van der Waals surface area contributed by atoms with E-state index in [0.717, 1.165) is 44.9 Å². The number of carbonyl (C=O) groups excluding carboxylic acids is 2. The molecule has 4 rings (SSSR count). The van der Waals surface area contributed by atoms with Gasteiger partial charge in [-0.05, 0) is 55.3 Å². The van der Waals surface area contributed by atoms with Gasteiger partial charge in [0.05, 0.1) is 0 Å². The van der Waals surface area contributed by atoms with Crippen LogP contribution in [0.1, 0.15) is 65.7 Å². The highest BCUT2D eigenvalue weighted by atomic mass is 79.9. The van der Waals surface area contributed by atoms with Gasteiger partial charge in [-0.3, -0.25) is 9.59 Å². The monoisotopic (exact) mass is 408 g/mol. The van der Waals surface area contributed by atoms with Gasteiger partial charge < -0.3 is 4.74 Å². The Balaban J connectivity index is 1.65. The number of ether oxygens (including phenoxy) is 1. The van der Waals surface area contributed by atoms with Crippen molar-refractivity contribution in [1.82, 2.24) is 0 Å². The number of fused-ring (bicyclic) bond motifs is 5. The van der Waals surface area contributed by atoms with Crippen LogP contribution in [0.3, 0.4) is 0 Å². The van der Waals surface area contributed by atoms with E-state index in [1.165, 1.54) is 12.5 Å². The van der Waals surface area contributed by atoms with E-state index >= 15 is 0 Å². The molecule has 3 saturated carbocycles. The maximum absolute atomic E-state index is 12.5. The third-order valence-corrected chi connectivity index (χ3v) is 8.96. The molecule has 4 aliphatic rings. The second-order valence-corrected chi connectivity index (χ2v) is 10.3. The van der Waals surface area contributed by atoms with Crippen molar-refractivity contribution in [2.24, 2.45) is 28.6 Å². The fourth-order valence-electron chi connectivity index (χ4n) is 6.68. The van der Waals surface area contributed by atoms with Gasteiger partial charge in [-0.2, -0.15) is 0 Å². The first-order valence-corrected chi connectivity index (χ1v) is 10.7. The van der Waals surface area contributed by atoms with Crippen molar-refractivity contribution in [2.45, 2.75) is 76.6 Å². The van der Waals surface area contributed by atoms with Gasteiger partial charge in [-0.15, -0.1) is 0 Å². The van der Waals surface area contributed by atoms with Crippen LogP contribution in [0.5, 0.6) is 0 Å². The zero-order chi connectivity index (χ0) is 18.0. The minimum atomic E-state index is -0.170. The van der Waals surface area contributed by atoms with Crippen LogP contribution >= 0.6 is 15.9 Å². The molecule has 4 aliphatic carbocycles. The van der Waals surface area contributed by atoms with E-state index in [1.54, 1.807) is 0 Å². The number of carbonyl (C=O) groups is 2.